The molecule has 18 heavy (non-hydrogen) atoms. The van der Waals surface area contributed by atoms with E-state index >= 15 is 0 Å². The minimum Gasteiger partial charge on any atom is -0.329 e. The maximum Gasteiger partial charge on any atom is 0.163 e. The zero-order valence-electron chi connectivity index (χ0n) is 10.8. The van der Waals surface area contributed by atoms with Crippen LogP contribution in [0.4, 0.5) is 11.5 Å². The second-order valence-corrected chi connectivity index (χ2v) is 4.33. The van der Waals surface area contributed by atoms with Crippen molar-refractivity contribution in [3.63, 3.8) is 0 Å². The fourth-order valence-corrected chi connectivity index (χ4v) is 1.83. The maximum absolute atomic E-state index is 11.6. The van der Waals surface area contributed by atoms with Gasteiger partial charge in [-0.2, -0.15) is 0 Å². The van der Waals surface area contributed by atoms with Crippen LogP contribution in [-0.4, -0.2) is 17.8 Å². The molecule has 1 heterocycles. The number of carbonyl (C=O) groups is 1. The smallest absolute Gasteiger partial charge is 0.163 e. The maximum atomic E-state index is 11.6. The molecule has 0 radical (unpaired) electrons. The monoisotopic (exact) mass is 240 g/mol. The normalized spacial score (nSPS) is 10.2. The Morgan fingerprint density at radius 3 is 2.44 bits per heavy atom. The number of Topliss-reactive ketones (excluding diaryl/α,β-unsaturated/α-hetero) is 1. The molecule has 2 aromatic rings. The van der Waals surface area contributed by atoms with E-state index < -0.39 is 0 Å². The number of anilines is 2. The number of rotatable bonds is 3. The molecule has 0 amide bonds. The van der Waals surface area contributed by atoms with Crippen molar-refractivity contribution in [2.45, 2.75) is 13.8 Å². The lowest BCUT2D eigenvalue weighted by atomic mass is 10.1. The third-order valence-electron chi connectivity index (χ3n) is 2.90. The summed E-state index contributed by atoms with van der Waals surface area (Å²) in [7, 11) is 1.92. The van der Waals surface area contributed by atoms with Gasteiger partial charge in [0, 0.05) is 18.9 Å². The van der Waals surface area contributed by atoms with Gasteiger partial charge in [0.2, 0.25) is 0 Å². The van der Waals surface area contributed by atoms with E-state index in [0.717, 1.165) is 5.69 Å². The van der Waals surface area contributed by atoms with E-state index in [1.54, 1.807) is 25.3 Å². The predicted molar refractivity (Wildman–Crippen MR) is 73.5 cm³/mol. The first-order chi connectivity index (χ1) is 8.59. The molecule has 0 saturated heterocycles. The summed E-state index contributed by atoms with van der Waals surface area (Å²) in [5.74, 6) is 0.714. The average molecular weight is 240 g/mol. The molecular formula is C15H16N2O. The first-order valence-electron chi connectivity index (χ1n) is 5.86. The standard InChI is InChI=1S/C15H16N2O/c1-11-6-8-13(9-7-11)17(3)15-14(12(2)18)5-4-10-16-15/h4-10H,1-3H3. The third kappa shape index (κ3) is 2.40. The minimum absolute atomic E-state index is 0.0251. The lowest BCUT2D eigenvalue weighted by molar-refractivity contribution is 0.101. The van der Waals surface area contributed by atoms with Gasteiger partial charge in [-0.3, -0.25) is 4.79 Å². The summed E-state index contributed by atoms with van der Waals surface area (Å²) in [5.41, 5.74) is 2.86. The average Bonchev–Trinajstić information content (AvgIpc) is 2.39. The molecule has 1 aromatic carbocycles. The number of benzene rings is 1. The van der Waals surface area contributed by atoms with E-state index in [0.29, 0.717) is 11.4 Å². The van der Waals surface area contributed by atoms with Gasteiger partial charge in [-0.15, -0.1) is 0 Å². The van der Waals surface area contributed by atoms with Crippen LogP contribution < -0.4 is 4.90 Å². The molecule has 2 rings (SSSR count). The Kier molecular flexibility index (Phi) is 3.42. The fraction of sp³-hybridized carbons (Fsp3) is 0.200. The summed E-state index contributed by atoms with van der Waals surface area (Å²) in [6.45, 7) is 3.61. The van der Waals surface area contributed by atoms with Crippen molar-refractivity contribution in [2.24, 2.45) is 0 Å². The first-order valence-corrected chi connectivity index (χ1v) is 5.86. The van der Waals surface area contributed by atoms with Gasteiger partial charge >= 0.3 is 0 Å². The van der Waals surface area contributed by atoms with Crippen LogP contribution in [0.3, 0.4) is 0 Å². The Morgan fingerprint density at radius 2 is 1.83 bits per heavy atom. The Balaban J connectivity index is 2.42. The number of ketones is 1. The number of hydrogen-bond donors (Lipinski definition) is 0. The van der Waals surface area contributed by atoms with E-state index in [1.165, 1.54) is 5.56 Å². The predicted octanol–water partition coefficient (Wildman–Crippen LogP) is 3.36. The topological polar surface area (TPSA) is 33.2 Å². The second kappa shape index (κ2) is 5.00. The number of nitrogens with zero attached hydrogens (tertiary/aromatic N) is 2. The highest BCUT2D eigenvalue weighted by molar-refractivity contribution is 5.99. The van der Waals surface area contributed by atoms with Gasteiger partial charge in [0.25, 0.3) is 0 Å². The molecule has 0 atom stereocenters. The number of hydrogen-bond acceptors (Lipinski definition) is 3. The molecule has 3 nitrogen and oxygen atoms in total. The molecule has 0 aliphatic heterocycles. The molecular weight excluding hydrogens is 224 g/mol. The molecule has 1 aromatic heterocycles. The summed E-state index contributed by atoms with van der Waals surface area (Å²) in [5, 5.41) is 0. The third-order valence-corrected chi connectivity index (χ3v) is 2.90. The summed E-state index contributed by atoms with van der Waals surface area (Å²) >= 11 is 0. The van der Waals surface area contributed by atoms with Crippen LogP contribution in [0.25, 0.3) is 0 Å². The Hall–Kier alpha value is -2.16. The van der Waals surface area contributed by atoms with Crippen LogP contribution in [0.2, 0.25) is 0 Å². The van der Waals surface area contributed by atoms with Gasteiger partial charge < -0.3 is 4.90 Å². The van der Waals surface area contributed by atoms with Crippen molar-refractivity contribution in [1.82, 2.24) is 4.98 Å². The van der Waals surface area contributed by atoms with Gasteiger partial charge in [0.05, 0.1) is 5.56 Å². The largest absolute Gasteiger partial charge is 0.329 e. The lowest BCUT2D eigenvalue weighted by Gasteiger charge is -2.20. The minimum atomic E-state index is 0.0251. The summed E-state index contributed by atoms with van der Waals surface area (Å²) in [6, 6.07) is 11.7. The first kappa shape index (κ1) is 12.3. The molecule has 0 fully saturated rings. The molecule has 0 N–H and O–H groups in total. The SMILES string of the molecule is CC(=O)c1cccnc1N(C)c1ccc(C)cc1. The van der Waals surface area contributed by atoms with Gasteiger partial charge in [-0.05, 0) is 38.1 Å². The highest BCUT2D eigenvalue weighted by atomic mass is 16.1. The summed E-state index contributed by atoms with van der Waals surface area (Å²) < 4.78 is 0. The number of carbonyl (C=O) groups excluding carboxylic acids is 1. The quantitative estimate of drug-likeness (QED) is 0.771. The molecule has 0 aliphatic carbocycles. The highest BCUT2D eigenvalue weighted by Gasteiger charge is 2.13. The molecule has 92 valence electrons. The van der Waals surface area contributed by atoms with Crippen molar-refractivity contribution < 1.29 is 4.79 Å². The second-order valence-electron chi connectivity index (χ2n) is 4.33. The fourth-order valence-electron chi connectivity index (χ4n) is 1.83. The van der Waals surface area contributed by atoms with E-state index in [1.807, 2.05) is 43.1 Å². The molecule has 0 bridgehead atoms. The van der Waals surface area contributed by atoms with E-state index in [-0.39, 0.29) is 5.78 Å². The van der Waals surface area contributed by atoms with Crippen molar-refractivity contribution in [3.8, 4) is 0 Å². The van der Waals surface area contributed by atoms with Gasteiger partial charge in [-0.25, -0.2) is 4.98 Å². The van der Waals surface area contributed by atoms with Gasteiger partial charge in [0.1, 0.15) is 5.82 Å². The molecule has 0 spiro atoms. The van der Waals surface area contributed by atoms with Gasteiger partial charge in [-0.1, -0.05) is 17.7 Å². The molecule has 0 saturated carbocycles. The lowest BCUT2D eigenvalue weighted by Crippen LogP contribution is -2.14. The Bertz CT molecular complexity index is 561. The van der Waals surface area contributed by atoms with Crippen molar-refractivity contribution in [1.29, 1.82) is 0 Å². The number of aryl methyl sites for hydroxylation is 1. The van der Waals surface area contributed by atoms with Crippen molar-refractivity contribution in [3.05, 3.63) is 53.7 Å². The van der Waals surface area contributed by atoms with E-state index in [2.05, 4.69) is 4.98 Å². The molecule has 0 unspecified atom stereocenters. The van der Waals surface area contributed by atoms with Crippen molar-refractivity contribution in [2.75, 3.05) is 11.9 Å². The highest BCUT2D eigenvalue weighted by Crippen LogP contribution is 2.25. The van der Waals surface area contributed by atoms with Crippen LogP contribution in [-0.2, 0) is 0 Å². The Morgan fingerprint density at radius 1 is 1.17 bits per heavy atom. The van der Waals surface area contributed by atoms with E-state index in [4.69, 9.17) is 0 Å². The zero-order chi connectivity index (χ0) is 13.1. The number of pyridine rings is 1. The molecule has 0 aliphatic rings. The summed E-state index contributed by atoms with van der Waals surface area (Å²) in [4.78, 5) is 17.8. The summed E-state index contributed by atoms with van der Waals surface area (Å²) in [6.07, 6.45) is 1.70. The number of aromatic nitrogens is 1. The van der Waals surface area contributed by atoms with Crippen LogP contribution >= 0.6 is 0 Å². The van der Waals surface area contributed by atoms with Crippen molar-refractivity contribution >= 4 is 17.3 Å². The van der Waals surface area contributed by atoms with Crippen LogP contribution in [0.5, 0.6) is 0 Å². The van der Waals surface area contributed by atoms with Crippen LogP contribution in [0, 0.1) is 6.92 Å². The van der Waals surface area contributed by atoms with Crippen LogP contribution in [0.15, 0.2) is 42.6 Å². The Labute approximate surface area is 107 Å². The van der Waals surface area contributed by atoms with E-state index in [9.17, 15) is 4.79 Å². The van der Waals surface area contributed by atoms with Crippen LogP contribution in [0.1, 0.15) is 22.8 Å². The molecule has 3 heteroatoms. The zero-order valence-corrected chi connectivity index (χ0v) is 10.8. The van der Waals surface area contributed by atoms with Gasteiger partial charge in [0.15, 0.2) is 5.78 Å².